The molecule has 1 atom stereocenters. The lowest BCUT2D eigenvalue weighted by atomic mass is 10.1. The minimum atomic E-state index is -0.219. The van der Waals surface area contributed by atoms with Gasteiger partial charge in [0.25, 0.3) is 0 Å². The van der Waals surface area contributed by atoms with Crippen molar-refractivity contribution < 1.29 is 4.39 Å². The number of benzene rings is 1. The van der Waals surface area contributed by atoms with Crippen molar-refractivity contribution >= 4 is 17.0 Å². The van der Waals surface area contributed by atoms with Gasteiger partial charge in [0.05, 0.1) is 12.2 Å². The molecular formula is C14H17FN2S. The van der Waals surface area contributed by atoms with E-state index in [1.807, 2.05) is 36.4 Å². The van der Waals surface area contributed by atoms with Gasteiger partial charge in [-0.3, -0.25) is 0 Å². The summed E-state index contributed by atoms with van der Waals surface area (Å²) < 4.78 is 14.0. The van der Waals surface area contributed by atoms with E-state index >= 15 is 0 Å². The molecule has 2 rings (SSSR count). The van der Waals surface area contributed by atoms with Crippen LogP contribution in [0.2, 0.25) is 0 Å². The van der Waals surface area contributed by atoms with E-state index in [-0.39, 0.29) is 11.9 Å². The molecule has 1 heterocycles. The molecule has 2 nitrogen and oxygen atoms in total. The highest BCUT2D eigenvalue weighted by molar-refractivity contribution is 7.09. The van der Waals surface area contributed by atoms with Gasteiger partial charge in [-0.2, -0.15) is 0 Å². The number of halogens is 1. The van der Waals surface area contributed by atoms with Crippen LogP contribution in [0.1, 0.15) is 23.4 Å². The zero-order valence-corrected chi connectivity index (χ0v) is 11.4. The van der Waals surface area contributed by atoms with Gasteiger partial charge in [0.2, 0.25) is 0 Å². The van der Waals surface area contributed by atoms with Gasteiger partial charge in [-0.05, 0) is 36.1 Å². The third-order valence-electron chi connectivity index (χ3n) is 2.88. The molecule has 2 N–H and O–H groups in total. The minimum Gasteiger partial charge on any atom is -0.367 e. The van der Waals surface area contributed by atoms with Crippen LogP contribution in [0.15, 0.2) is 35.7 Å². The molecule has 0 saturated heterocycles. The molecule has 0 bridgehead atoms. The largest absolute Gasteiger partial charge is 0.367 e. The van der Waals surface area contributed by atoms with Gasteiger partial charge >= 0.3 is 0 Å². The second-order valence-corrected chi connectivity index (χ2v) is 5.47. The summed E-state index contributed by atoms with van der Waals surface area (Å²) in [6.07, 6.45) is 0. The topological polar surface area (TPSA) is 29.3 Å². The number of thiophene rings is 1. The predicted molar refractivity (Wildman–Crippen MR) is 75.4 cm³/mol. The van der Waals surface area contributed by atoms with E-state index in [1.165, 1.54) is 10.9 Å². The van der Waals surface area contributed by atoms with Crippen molar-refractivity contribution in [2.45, 2.75) is 19.5 Å². The summed E-state index contributed by atoms with van der Waals surface area (Å²) in [7, 11) is 1.89. The summed E-state index contributed by atoms with van der Waals surface area (Å²) in [5, 5.41) is 2.03. The Hall–Kier alpha value is -1.39. The molecule has 96 valence electrons. The molecule has 0 unspecified atom stereocenters. The highest BCUT2D eigenvalue weighted by Gasteiger charge is 2.10. The average molecular weight is 264 g/mol. The van der Waals surface area contributed by atoms with Crippen molar-refractivity contribution in [3.8, 4) is 0 Å². The Morgan fingerprint density at radius 2 is 2.17 bits per heavy atom. The maximum Gasteiger partial charge on any atom is 0.146 e. The molecule has 1 aromatic carbocycles. The number of rotatable bonds is 4. The summed E-state index contributed by atoms with van der Waals surface area (Å²) in [5.41, 5.74) is 7.16. The predicted octanol–water partition coefficient (Wildman–Crippen LogP) is 3.54. The maximum atomic E-state index is 14.0. The number of nitrogens with two attached hydrogens (primary N) is 1. The van der Waals surface area contributed by atoms with E-state index in [0.717, 1.165) is 5.56 Å². The highest BCUT2D eigenvalue weighted by Crippen LogP contribution is 2.24. The van der Waals surface area contributed by atoms with Crippen molar-refractivity contribution in [2.75, 3.05) is 11.9 Å². The summed E-state index contributed by atoms with van der Waals surface area (Å²) in [6.45, 7) is 2.57. The van der Waals surface area contributed by atoms with Crippen molar-refractivity contribution in [3.05, 3.63) is 52.0 Å². The Bertz CT molecular complexity index is 509. The first-order chi connectivity index (χ1) is 8.58. The van der Waals surface area contributed by atoms with Crippen LogP contribution in [-0.4, -0.2) is 7.05 Å². The highest BCUT2D eigenvalue weighted by atomic mass is 32.1. The Kier molecular flexibility index (Phi) is 3.99. The first kappa shape index (κ1) is 13.1. The van der Waals surface area contributed by atoms with Gasteiger partial charge < -0.3 is 10.6 Å². The smallest absolute Gasteiger partial charge is 0.146 e. The number of hydrogen-bond donors (Lipinski definition) is 1. The number of anilines is 1. The molecule has 0 aliphatic heterocycles. The SMILES string of the molecule is C[C@H](N)c1ccc(N(C)Cc2cccs2)c(F)c1. The van der Waals surface area contributed by atoms with Gasteiger partial charge in [-0.15, -0.1) is 11.3 Å². The zero-order chi connectivity index (χ0) is 13.1. The third kappa shape index (κ3) is 2.89. The van der Waals surface area contributed by atoms with E-state index in [0.29, 0.717) is 12.2 Å². The van der Waals surface area contributed by atoms with E-state index in [2.05, 4.69) is 6.07 Å². The number of hydrogen-bond acceptors (Lipinski definition) is 3. The van der Waals surface area contributed by atoms with Gasteiger partial charge in [-0.25, -0.2) is 4.39 Å². The third-order valence-corrected chi connectivity index (χ3v) is 3.74. The maximum absolute atomic E-state index is 14.0. The second-order valence-electron chi connectivity index (χ2n) is 4.43. The molecule has 0 aliphatic rings. The standard InChI is InChI=1S/C14H17FN2S/c1-10(16)11-5-6-14(13(15)8-11)17(2)9-12-4-3-7-18-12/h3-8,10H,9,16H2,1-2H3/t10-/m0/s1. The minimum absolute atomic E-state index is 0.142. The molecule has 4 heteroatoms. The van der Waals surface area contributed by atoms with Crippen molar-refractivity contribution in [1.82, 2.24) is 0 Å². The van der Waals surface area contributed by atoms with E-state index in [1.54, 1.807) is 17.4 Å². The van der Waals surface area contributed by atoms with Crippen LogP contribution in [0.25, 0.3) is 0 Å². The quantitative estimate of drug-likeness (QED) is 0.915. The Morgan fingerprint density at radius 3 is 2.72 bits per heavy atom. The zero-order valence-electron chi connectivity index (χ0n) is 10.6. The fourth-order valence-electron chi connectivity index (χ4n) is 1.84. The summed E-state index contributed by atoms with van der Waals surface area (Å²) in [5.74, 6) is -0.219. The molecule has 1 aromatic heterocycles. The van der Waals surface area contributed by atoms with Gasteiger partial charge in [-0.1, -0.05) is 12.1 Å². The van der Waals surface area contributed by atoms with Crippen LogP contribution >= 0.6 is 11.3 Å². The van der Waals surface area contributed by atoms with Crippen molar-refractivity contribution in [1.29, 1.82) is 0 Å². The van der Waals surface area contributed by atoms with Crippen molar-refractivity contribution in [2.24, 2.45) is 5.73 Å². The average Bonchev–Trinajstić information content (AvgIpc) is 2.81. The molecule has 0 fully saturated rings. The van der Waals surface area contributed by atoms with E-state index < -0.39 is 0 Å². The normalized spacial score (nSPS) is 12.4. The van der Waals surface area contributed by atoms with Gasteiger partial charge in [0.1, 0.15) is 5.82 Å². The van der Waals surface area contributed by atoms with E-state index in [4.69, 9.17) is 5.73 Å². The van der Waals surface area contributed by atoms with Crippen LogP contribution in [-0.2, 0) is 6.54 Å². The molecule has 0 spiro atoms. The fraction of sp³-hybridized carbons (Fsp3) is 0.286. The lowest BCUT2D eigenvalue weighted by molar-refractivity contribution is 0.617. The monoisotopic (exact) mass is 264 g/mol. The fourth-order valence-corrected chi connectivity index (χ4v) is 2.59. The summed E-state index contributed by atoms with van der Waals surface area (Å²) in [4.78, 5) is 3.12. The lowest BCUT2D eigenvalue weighted by Gasteiger charge is -2.20. The molecule has 2 aromatic rings. The Balaban J connectivity index is 2.17. The molecule has 0 radical (unpaired) electrons. The van der Waals surface area contributed by atoms with Crippen LogP contribution in [0.3, 0.4) is 0 Å². The second kappa shape index (κ2) is 5.50. The molecule has 0 saturated carbocycles. The van der Waals surface area contributed by atoms with Crippen LogP contribution in [0.5, 0.6) is 0 Å². The van der Waals surface area contributed by atoms with Gasteiger partial charge in [0.15, 0.2) is 0 Å². The molecule has 18 heavy (non-hydrogen) atoms. The Morgan fingerprint density at radius 1 is 1.39 bits per heavy atom. The van der Waals surface area contributed by atoms with Gasteiger partial charge in [0, 0.05) is 18.0 Å². The summed E-state index contributed by atoms with van der Waals surface area (Å²) >= 11 is 1.68. The molecule has 0 amide bonds. The van der Waals surface area contributed by atoms with Crippen molar-refractivity contribution in [3.63, 3.8) is 0 Å². The molecule has 0 aliphatic carbocycles. The first-order valence-electron chi connectivity index (χ1n) is 5.86. The summed E-state index contributed by atoms with van der Waals surface area (Å²) in [6, 6.07) is 9.11. The first-order valence-corrected chi connectivity index (χ1v) is 6.74. The van der Waals surface area contributed by atoms with Crippen LogP contribution in [0, 0.1) is 5.82 Å². The van der Waals surface area contributed by atoms with Crippen LogP contribution < -0.4 is 10.6 Å². The lowest BCUT2D eigenvalue weighted by Crippen LogP contribution is -2.17. The molecular weight excluding hydrogens is 247 g/mol. The number of nitrogens with zero attached hydrogens (tertiary/aromatic N) is 1. The van der Waals surface area contributed by atoms with Crippen LogP contribution in [0.4, 0.5) is 10.1 Å². The Labute approximate surface area is 111 Å². The van der Waals surface area contributed by atoms with E-state index in [9.17, 15) is 4.39 Å².